The molecule has 0 spiro atoms. The van der Waals surface area contributed by atoms with Crippen molar-refractivity contribution in [3.63, 3.8) is 0 Å². The molecular weight excluding hydrogens is 326 g/mol. The van der Waals surface area contributed by atoms with Gasteiger partial charge in [0, 0.05) is 18.6 Å². The fraction of sp³-hybridized carbons (Fsp3) is 0.783. The molecule has 0 N–H and O–H groups in total. The molecule has 0 atom stereocenters. The second-order valence-electron chi connectivity index (χ2n) is 6.71. The molecular formula is C23H44ClN. The molecule has 0 aliphatic rings. The molecule has 0 radical (unpaired) electrons. The maximum atomic E-state index is 2.29. The van der Waals surface area contributed by atoms with Crippen LogP contribution in [0.25, 0.3) is 0 Å². The Balaban J connectivity index is 0. The minimum Gasteiger partial charge on any atom is -1.00 e. The van der Waals surface area contributed by atoms with E-state index in [1.54, 1.807) is 0 Å². The number of aromatic nitrogens is 1. The number of nitrogens with zero attached hydrogens (tertiary/aromatic N) is 1. The molecule has 1 nitrogen and oxygen atoms in total. The van der Waals surface area contributed by atoms with E-state index in [1.807, 2.05) is 13.8 Å². The number of hydrogen-bond acceptors (Lipinski definition) is 0. The minimum atomic E-state index is 0. The molecule has 0 fully saturated rings. The van der Waals surface area contributed by atoms with Gasteiger partial charge in [0.1, 0.15) is 6.54 Å². The Kier molecular flexibility index (Phi) is 25.0. The van der Waals surface area contributed by atoms with E-state index in [9.17, 15) is 0 Å². The standard InChI is InChI=1S/C21H38N.C2H6.ClH/c1-2-3-4-5-6-7-8-9-10-11-12-13-14-16-19-22-20-17-15-18-21-22;1-2;/h15,17-18,20-21H,2-14,16,19H2,1H3;1-2H3;1H/q+1;;/p-1. The Morgan fingerprint density at radius 3 is 1.28 bits per heavy atom. The topological polar surface area (TPSA) is 3.88 Å². The van der Waals surface area contributed by atoms with Crippen LogP contribution in [0.15, 0.2) is 30.6 Å². The van der Waals surface area contributed by atoms with E-state index in [0.29, 0.717) is 0 Å². The lowest BCUT2D eigenvalue weighted by atomic mass is 10.0. The lowest BCUT2D eigenvalue weighted by Crippen LogP contribution is -3.00. The van der Waals surface area contributed by atoms with Gasteiger partial charge in [-0.2, -0.15) is 0 Å². The highest BCUT2D eigenvalue weighted by Gasteiger charge is 1.98. The number of rotatable bonds is 15. The SMILES string of the molecule is CC.CCCCCCCCCCCCCCCC[n+]1ccccc1.[Cl-]. The van der Waals surface area contributed by atoms with E-state index in [4.69, 9.17) is 0 Å². The van der Waals surface area contributed by atoms with E-state index < -0.39 is 0 Å². The molecule has 0 aliphatic carbocycles. The molecule has 0 bridgehead atoms. The van der Waals surface area contributed by atoms with Gasteiger partial charge in [-0.3, -0.25) is 0 Å². The van der Waals surface area contributed by atoms with Gasteiger partial charge in [0.05, 0.1) is 0 Å². The number of unbranched alkanes of at least 4 members (excludes halogenated alkanes) is 13. The van der Waals surface area contributed by atoms with Crippen LogP contribution in [0, 0.1) is 0 Å². The van der Waals surface area contributed by atoms with Gasteiger partial charge in [0.15, 0.2) is 12.4 Å². The molecule has 1 aromatic heterocycles. The van der Waals surface area contributed by atoms with Gasteiger partial charge in [-0.25, -0.2) is 4.57 Å². The van der Waals surface area contributed by atoms with E-state index in [-0.39, 0.29) is 12.4 Å². The number of aryl methyl sites for hydroxylation is 1. The van der Waals surface area contributed by atoms with Crippen LogP contribution in [0.2, 0.25) is 0 Å². The molecule has 1 heterocycles. The molecule has 0 amide bonds. The maximum absolute atomic E-state index is 2.29. The Morgan fingerprint density at radius 2 is 0.880 bits per heavy atom. The number of halogens is 1. The zero-order chi connectivity index (χ0) is 17.7. The molecule has 1 rings (SSSR count). The highest BCUT2D eigenvalue weighted by molar-refractivity contribution is 4.83. The van der Waals surface area contributed by atoms with Crippen LogP contribution in [-0.2, 0) is 6.54 Å². The summed E-state index contributed by atoms with van der Waals surface area (Å²) >= 11 is 0. The molecule has 2 heteroatoms. The first-order valence-corrected chi connectivity index (χ1v) is 10.9. The van der Waals surface area contributed by atoms with Crippen LogP contribution in [0.4, 0.5) is 0 Å². The molecule has 0 saturated carbocycles. The summed E-state index contributed by atoms with van der Waals surface area (Å²) < 4.78 is 2.29. The average Bonchev–Trinajstić information content (AvgIpc) is 2.64. The number of pyridine rings is 1. The molecule has 25 heavy (non-hydrogen) atoms. The van der Waals surface area contributed by atoms with Crippen molar-refractivity contribution in [3.8, 4) is 0 Å². The van der Waals surface area contributed by atoms with E-state index in [2.05, 4.69) is 42.1 Å². The summed E-state index contributed by atoms with van der Waals surface area (Å²) in [4.78, 5) is 0. The van der Waals surface area contributed by atoms with Crippen LogP contribution < -0.4 is 17.0 Å². The summed E-state index contributed by atoms with van der Waals surface area (Å²) in [5, 5.41) is 0. The molecule has 0 saturated heterocycles. The van der Waals surface area contributed by atoms with Crippen molar-refractivity contribution in [2.45, 2.75) is 117 Å². The fourth-order valence-corrected chi connectivity index (χ4v) is 3.07. The van der Waals surface area contributed by atoms with Gasteiger partial charge < -0.3 is 12.4 Å². The number of hydrogen-bond donors (Lipinski definition) is 0. The second-order valence-corrected chi connectivity index (χ2v) is 6.71. The Labute approximate surface area is 165 Å². The fourth-order valence-electron chi connectivity index (χ4n) is 3.07. The highest BCUT2D eigenvalue weighted by Crippen LogP contribution is 2.12. The Morgan fingerprint density at radius 1 is 0.520 bits per heavy atom. The van der Waals surface area contributed by atoms with Crippen LogP contribution >= 0.6 is 0 Å². The van der Waals surface area contributed by atoms with Gasteiger partial charge >= 0.3 is 0 Å². The predicted octanol–water partition coefficient (Wildman–Crippen LogP) is 4.49. The third kappa shape index (κ3) is 19.6. The monoisotopic (exact) mass is 369 g/mol. The van der Waals surface area contributed by atoms with Crippen molar-refractivity contribution in [2.75, 3.05) is 0 Å². The van der Waals surface area contributed by atoms with Gasteiger partial charge in [-0.1, -0.05) is 104 Å². The van der Waals surface area contributed by atoms with Gasteiger partial charge in [0.2, 0.25) is 0 Å². The van der Waals surface area contributed by atoms with Crippen molar-refractivity contribution in [1.29, 1.82) is 0 Å². The summed E-state index contributed by atoms with van der Waals surface area (Å²) in [5.41, 5.74) is 0. The third-order valence-electron chi connectivity index (χ3n) is 4.55. The lowest BCUT2D eigenvalue weighted by Gasteiger charge is -2.02. The summed E-state index contributed by atoms with van der Waals surface area (Å²) in [6.07, 6.45) is 24.4. The average molecular weight is 370 g/mol. The van der Waals surface area contributed by atoms with Crippen molar-refractivity contribution in [2.24, 2.45) is 0 Å². The minimum absolute atomic E-state index is 0. The van der Waals surface area contributed by atoms with Gasteiger partial charge in [-0.15, -0.1) is 0 Å². The predicted molar refractivity (Wildman–Crippen MR) is 108 cm³/mol. The zero-order valence-corrected chi connectivity index (χ0v) is 18.1. The van der Waals surface area contributed by atoms with E-state index in [1.165, 1.54) is 96.4 Å². The largest absolute Gasteiger partial charge is 1.00 e. The van der Waals surface area contributed by atoms with E-state index in [0.717, 1.165) is 0 Å². The quantitative estimate of drug-likeness (QED) is 0.317. The van der Waals surface area contributed by atoms with Gasteiger partial charge in [-0.05, 0) is 6.42 Å². The third-order valence-corrected chi connectivity index (χ3v) is 4.55. The van der Waals surface area contributed by atoms with Gasteiger partial charge in [0.25, 0.3) is 0 Å². The second kappa shape index (κ2) is 23.4. The lowest BCUT2D eigenvalue weighted by molar-refractivity contribution is -0.697. The first kappa shape index (κ1) is 26.7. The highest BCUT2D eigenvalue weighted by atomic mass is 35.5. The molecule has 0 unspecified atom stereocenters. The summed E-state index contributed by atoms with van der Waals surface area (Å²) in [7, 11) is 0. The zero-order valence-electron chi connectivity index (χ0n) is 17.3. The Hall–Kier alpha value is -0.560. The van der Waals surface area contributed by atoms with E-state index >= 15 is 0 Å². The molecule has 0 aromatic carbocycles. The smallest absolute Gasteiger partial charge is 0.168 e. The summed E-state index contributed by atoms with van der Waals surface area (Å²) in [6, 6.07) is 6.31. The maximum Gasteiger partial charge on any atom is 0.168 e. The summed E-state index contributed by atoms with van der Waals surface area (Å²) in [6.45, 7) is 7.47. The van der Waals surface area contributed by atoms with Crippen molar-refractivity contribution in [1.82, 2.24) is 0 Å². The molecule has 0 aliphatic heterocycles. The normalized spacial score (nSPS) is 9.88. The van der Waals surface area contributed by atoms with Crippen LogP contribution in [0.5, 0.6) is 0 Å². The van der Waals surface area contributed by atoms with Crippen LogP contribution in [0.3, 0.4) is 0 Å². The molecule has 148 valence electrons. The van der Waals surface area contributed by atoms with Crippen molar-refractivity contribution in [3.05, 3.63) is 30.6 Å². The Bertz CT molecular complexity index is 326. The van der Waals surface area contributed by atoms with Crippen molar-refractivity contribution >= 4 is 0 Å². The van der Waals surface area contributed by atoms with Crippen LogP contribution in [0.1, 0.15) is 111 Å². The van der Waals surface area contributed by atoms with Crippen molar-refractivity contribution < 1.29 is 17.0 Å². The summed E-state index contributed by atoms with van der Waals surface area (Å²) in [5.74, 6) is 0. The first-order valence-electron chi connectivity index (χ1n) is 10.9. The van der Waals surface area contributed by atoms with Crippen LogP contribution in [-0.4, -0.2) is 0 Å². The molecule has 1 aromatic rings. The first-order chi connectivity index (χ1) is 11.9.